The molecule has 1 saturated heterocycles. The fourth-order valence-corrected chi connectivity index (χ4v) is 2.38. The molecule has 0 unspecified atom stereocenters. The summed E-state index contributed by atoms with van der Waals surface area (Å²) < 4.78 is 10.9. The second kappa shape index (κ2) is 9.58. The Morgan fingerprint density at radius 3 is 2.60 bits per heavy atom. The normalized spacial score (nSPS) is 15.2. The molecule has 8 heteroatoms. The van der Waals surface area contributed by atoms with Crippen LogP contribution >= 0.6 is 24.8 Å². The molecule has 6 nitrogen and oxygen atoms in total. The summed E-state index contributed by atoms with van der Waals surface area (Å²) in [6.45, 7) is 1.01. The van der Waals surface area contributed by atoms with Crippen molar-refractivity contribution in [2.24, 2.45) is 5.73 Å². The van der Waals surface area contributed by atoms with Crippen LogP contribution in [0.4, 0.5) is 5.69 Å². The fourth-order valence-electron chi connectivity index (χ4n) is 2.38. The minimum absolute atomic E-state index is 0. The first kappa shape index (κ1) is 21.2. The predicted octanol–water partition coefficient (Wildman–Crippen LogP) is 3.16. The zero-order chi connectivity index (χ0) is 16.1. The summed E-state index contributed by atoms with van der Waals surface area (Å²) in [5, 5.41) is 2.86. The zero-order valence-corrected chi connectivity index (χ0v) is 15.1. The number of amides is 1. The van der Waals surface area contributed by atoms with Gasteiger partial charge in [-0.25, -0.2) is 4.98 Å². The van der Waals surface area contributed by atoms with Gasteiger partial charge in [0.2, 0.25) is 11.8 Å². The maximum absolute atomic E-state index is 12.4. The smallest absolute Gasteiger partial charge is 0.244 e. The standard InChI is InChI=1S/C17H19N3O3.2ClH/c18-17(7-10-22-11-8-17)16(21)20-13-4-3-5-14(12-13)23-15-6-1-2-9-19-15;;/h1-6,9,12H,7-8,10-11,18H2,(H,20,21);2*1H. The first-order chi connectivity index (χ1) is 11.2. The van der Waals surface area contributed by atoms with E-state index >= 15 is 0 Å². The van der Waals surface area contributed by atoms with E-state index in [1.54, 1.807) is 36.5 Å². The van der Waals surface area contributed by atoms with Crippen molar-refractivity contribution in [1.82, 2.24) is 4.98 Å². The number of nitrogens with two attached hydrogens (primary N) is 1. The van der Waals surface area contributed by atoms with Crippen LogP contribution in [0.1, 0.15) is 12.8 Å². The van der Waals surface area contributed by atoms with Gasteiger partial charge in [0.05, 0.1) is 0 Å². The molecule has 25 heavy (non-hydrogen) atoms. The van der Waals surface area contributed by atoms with Crippen LogP contribution in [0.2, 0.25) is 0 Å². The third-order valence-electron chi connectivity index (χ3n) is 3.79. The Morgan fingerprint density at radius 1 is 1.16 bits per heavy atom. The molecule has 0 bridgehead atoms. The molecule has 0 spiro atoms. The monoisotopic (exact) mass is 385 g/mol. The van der Waals surface area contributed by atoms with Crippen LogP contribution in [0.3, 0.4) is 0 Å². The highest BCUT2D eigenvalue weighted by Crippen LogP contribution is 2.24. The van der Waals surface area contributed by atoms with Gasteiger partial charge in [-0.15, -0.1) is 24.8 Å². The highest BCUT2D eigenvalue weighted by molar-refractivity contribution is 5.98. The number of pyridine rings is 1. The lowest BCUT2D eigenvalue weighted by molar-refractivity contribution is -0.124. The van der Waals surface area contributed by atoms with Crippen molar-refractivity contribution < 1.29 is 14.3 Å². The molecular formula is C17H21Cl2N3O3. The molecule has 2 heterocycles. The number of nitrogens with zero attached hydrogens (tertiary/aromatic N) is 1. The molecule has 0 radical (unpaired) electrons. The number of halogens is 2. The van der Waals surface area contributed by atoms with E-state index in [9.17, 15) is 4.79 Å². The van der Waals surface area contributed by atoms with Crippen molar-refractivity contribution in [2.75, 3.05) is 18.5 Å². The zero-order valence-electron chi connectivity index (χ0n) is 13.5. The van der Waals surface area contributed by atoms with Gasteiger partial charge < -0.3 is 20.5 Å². The van der Waals surface area contributed by atoms with Crippen molar-refractivity contribution in [3.05, 3.63) is 48.7 Å². The number of nitrogens with one attached hydrogen (secondary N) is 1. The molecule has 0 saturated carbocycles. The minimum Gasteiger partial charge on any atom is -0.439 e. The Kier molecular flexibility index (Phi) is 8.12. The Hall–Kier alpha value is -1.86. The topological polar surface area (TPSA) is 86.5 Å². The average molecular weight is 386 g/mol. The van der Waals surface area contributed by atoms with Crippen LogP contribution in [0.5, 0.6) is 11.6 Å². The van der Waals surface area contributed by atoms with E-state index in [-0.39, 0.29) is 30.7 Å². The van der Waals surface area contributed by atoms with E-state index in [0.717, 1.165) is 0 Å². The molecule has 0 atom stereocenters. The number of aromatic nitrogens is 1. The van der Waals surface area contributed by atoms with Crippen LogP contribution in [-0.4, -0.2) is 29.6 Å². The average Bonchev–Trinajstić information content (AvgIpc) is 2.57. The van der Waals surface area contributed by atoms with Crippen LogP contribution < -0.4 is 15.8 Å². The number of hydrogen-bond donors (Lipinski definition) is 2. The predicted molar refractivity (Wildman–Crippen MR) is 101 cm³/mol. The number of rotatable bonds is 4. The number of ether oxygens (including phenoxy) is 2. The SMILES string of the molecule is Cl.Cl.NC1(C(=O)Nc2cccc(Oc3ccccn3)c2)CCOCC1. The molecular weight excluding hydrogens is 365 g/mol. The summed E-state index contributed by atoms with van der Waals surface area (Å²) in [6, 6.07) is 12.6. The van der Waals surface area contributed by atoms with Gasteiger partial charge in [0.25, 0.3) is 0 Å². The van der Waals surface area contributed by atoms with Crippen molar-refractivity contribution in [3.8, 4) is 11.6 Å². The highest BCUT2D eigenvalue weighted by Gasteiger charge is 2.35. The van der Waals surface area contributed by atoms with E-state index in [2.05, 4.69) is 10.3 Å². The second-order valence-corrected chi connectivity index (χ2v) is 5.52. The molecule has 1 aliphatic rings. The van der Waals surface area contributed by atoms with Gasteiger partial charge in [-0.2, -0.15) is 0 Å². The number of carbonyl (C=O) groups excluding carboxylic acids is 1. The van der Waals surface area contributed by atoms with Gasteiger partial charge in [0.15, 0.2) is 0 Å². The number of hydrogen-bond acceptors (Lipinski definition) is 5. The lowest BCUT2D eigenvalue weighted by Gasteiger charge is -2.31. The molecule has 3 N–H and O–H groups in total. The molecule has 1 fully saturated rings. The number of benzene rings is 1. The van der Waals surface area contributed by atoms with Crippen LogP contribution in [0.15, 0.2) is 48.7 Å². The van der Waals surface area contributed by atoms with E-state index in [0.29, 0.717) is 43.4 Å². The van der Waals surface area contributed by atoms with Gasteiger partial charge in [0.1, 0.15) is 11.3 Å². The lowest BCUT2D eigenvalue weighted by atomic mass is 9.90. The van der Waals surface area contributed by atoms with E-state index < -0.39 is 5.54 Å². The van der Waals surface area contributed by atoms with Gasteiger partial charge in [-0.05, 0) is 31.0 Å². The fraction of sp³-hybridized carbons (Fsp3) is 0.294. The maximum Gasteiger partial charge on any atom is 0.244 e. The lowest BCUT2D eigenvalue weighted by Crippen LogP contribution is -2.54. The molecule has 2 aromatic rings. The number of carbonyl (C=O) groups is 1. The maximum atomic E-state index is 12.4. The summed E-state index contributed by atoms with van der Waals surface area (Å²) in [5.41, 5.74) is 5.94. The third kappa shape index (κ3) is 5.57. The van der Waals surface area contributed by atoms with Crippen molar-refractivity contribution in [3.63, 3.8) is 0 Å². The second-order valence-electron chi connectivity index (χ2n) is 5.52. The summed E-state index contributed by atoms with van der Waals surface area (Å²) >= 11 is 0. The Labute approximate surface area is 158 Å². The molecule has 1 aliphatic heterocycles. The van der Waals surface area contributed by atoms with Crippen molar-refractivity contribution in [1.29, 1.82) is 0 Å². The van der Waals surface area contributed by atoms with Gasteiger partial charge in [-0.3, -0.25) is 4.79 Å². The first-order valence-corrected chi connectivity index (χ1v) is 7.53. The molecule has 1 amide bonds. The quantitative estimate of drug-likeness (QED) is 0.843. The molecule has 1 aromatic carbocycles. The van der Waals surface area contributed by atoms with Crippen LogP contribution in [-0.2, 0) is 9.53 Å². The van der Waals surface area contributed by atoms with E-state index in [1.165, 1.54) is 0 Å². The number of anilines is 1. The van der Waals surface area contributed by atoms with E-state index in [4.69, 9.17) is 15.2 Å². The van der Waals surface area contributed by atoms with Gasteiger partial charge in [-0.1, -0.05) is 12.1 Å². The Balaban J connectivity index is 0.00000156. The summed E-state index contributed by atoms with van der Waals surface area (Å²) in [7, 11) is 0. The molecule has 1 aromatic heterocycles. The molecule has 136 valence electrons. The summed E-state index contributed by atoms with van der Waals surface area (Å²) in [6.07, 6.45) is 2.69. The Morgan fingerprint density at radius 2 is 1.92 bits per heavy atom. The van der Waals surface area contributed by atoms with Crippen LogP contribution in [0, 0.1) is 0 Å². The Bertz CT molecular complexity index is 680. The summed E-state index contributed by atoms with van der Waals surface area (Å²) in [4.78, 5) is 16.5. The molecule has 0 aliphatic carbocycles. The molecule has 3 rings (SSSR count). The highest BCUT2D eigenvalue weighted by atomic mass is 35.5. The van der Waals surface area contributed by atoms with Crippen LogP contribution in [0.25, 0.3) is 0 Å². The third-order valence-corrected chi connectivity index (χ3v) is 3.79. The van der Waals surface area contributed by atoms with Crippen molar-refractivity contribution >= 4 is 36.4 Å². The minimum atomic E-state index is -0.879. The van der Waals surface area contributed by atoms with E-state index in [1.807, 2.05) is 12.1 Å². The van der Waals surface area contributed by atoms with Gasteiger partial charge in [0, 0.05) is 37.2 Å². The summed E-state index contributed by atoms with van der Waals surface area (Å²) in [5.74, 6) is 0.894. The largest absolute Gasteiger partial charge is 0.439 e. The van der Waals surface area contributed by atoms with Crippen molar-refractivity contribution in [2.45, 2.75) is 18.4 Å². The first-order valence-electron chi connectivity index (χ1n) is 7.53. The van der Waals surface area contributed by atoms with Gasteiger partial charge >= 0.3 is 0 Å².